The van der Waals surface area contributed by atoms with Gasteiger partial charge >= 0.3 is 14.0 Å². The quantitative estimate of drug-likeness (QED) is 0.499. The van der Waals surface area contributed by atoms with Crippen molar-refractivity contribution in [1.82, 2.24) is 5.32 Å². The van der Waals surface area contributed by atoms with E-state index in [1.807, 2.05) is 13.2 Å². The van der Waals surface area contributed by atoms with Crippen molar-refractivity contribution in [2.75, 3.05) is 12.0 Å². The SMILES string of the molecule is BOC(=O)[C@H](CC)NC(=O)CCCSC. The Morgan fingerprint density at radius 1 is 1.53 bits per heavy atom. The largest absolute Gasteiger partial charge is 0.542 e. The van der Waals surface area contributed by atoms with E-state index < -0.39 is 6.04 Å². The molecular weight excluding hydrogens is 213 g/mol. The van der Waals surface area contributed by atoms with E-state index in [1.165, 1.54) is 8.05 Å². The van der Waals surface area contributed by atoms with E-state index >= 15 is 0 Å². The smallest absolute Gasteiger partial charge is 0.326 e. The Morgan fingerprint density at radius 2 is 2.20 bits per heavy atom. The standard InChI is InChI=1S/C9H18BNO3S/c1-3-7(9(13)14-10)11-8(12)5-4-6-15-2/h7H,3-6,10H2,1-2H3,(H,11,12)/t7-/m0/s1. The van der Waals surface area contributed by atoms with Crippen molar-refractivity contribution in [3.63, 3.8) is 0 Å². The highest BCUT2D eigenvalue weighted by Crippen LogP contribution is 2.00. The van der Waals surface area contributed by atoms with Gasteiger partial charge in [-0.2, -0.15) is 11.8 Å². The number of carbonyl (C=O) groups is 2. The first-order valence-electron chi connectivity index (χ1n) is 5.01. The summed E-state index contributed by atoms with van der Waals surface area (Å²) >= 11 is 1.71. The molecule has 4 nitrogen and oxygen atoms in total. The molecule has 0 bridgehead atoms. The topological polar surface area (TPSA) is 55.4 Å². The third-order valence-electron chi connectivity index (χ3n) is 1.98. The minimum atomic E-state index is -0.503. The summed E-state index contributed by atoms with van der Waals surface area (Å²) in [5.41, 5.74) is 0. The molecule has 1 atom stereocenters. The summed E-state index contributed by atoms with van der Waals surface area (Å²) in [5.74, 6) is 0.500. The van der Waals surface area contributed by atoms with E-state index in [4.69, 9.17) is 0 Å². The van der Waals surface area contributed by atoms with Gasteiger partial charge in [-0.15, -0.1) is 0 Å². The highest BCUT2D eigenvalue weighted by Gasteiger charge is 2.18. The van der Waals surface area contributed by atoms with Crippen LogP contribution in [0.3, 0.4) is 0 Å². The van der Waals surface area contributed by atoms with Gasteiger partial charge in [-0.1, -0.05) is 6.92 Å². The second-order valence-electron chi connectivity index (χ2n) is 3.15. The Balaban J connectivity index is 3.85. The number of carbonyl (C=O) groups excluding carboxylic acids is 2. The van der Waals surface area contributed by atoms with Gasteiger partial charge in [-0.05, 0) is 24.9 Å². The van der Waals surface area contributed by atoms with Gasteiger partial charge in [0.15, 0.2) is 0 Å². The fourth-order valence-corrected chi connectivity index (χ4v) is 1.55. The van der Waals surface area contributed by atoms with Crippen molar-refractivity contribution in [2.45, 2.75) is 32.2 Å². The van der Waals surface area contributed by atoms with E-state index in [2.05, 4.69) is 9.97 Å². The Bertz CT molecular complexity index is 214. The molecule has 0 unspecified atom stereocenters. The van der Waals surface area contributed by atoms with E-state index in [0.29, 0.717) is 12.8 Å². The summed E-state index contributed by atoms with van der Waals surface area (Å²) in [6, 6.07) is -0.503. The maximum absolute atomic E-state index is 11.4. The lowest BCUT2D eigenvalue weighted by Gasteiger charge is -2.14. The first kappa shape index (κ1) is 14.4. The third-order valence-corrected chi connectivity index (χ3v) is 2.68. The Hall–Kier alpha value is -0.645. The van der Waals surface area contributed by atoms with Crippen LogP contribution in [0.1, 0.15) is 26.2 Å². The third kappa shape index (κ3) is 6.44. The van der Waals surface area contributed by atoms with Crippen LogP contribution in [0.5, 0.6) is 0 Å². The van der Waals surface area contributed by atoms with Gasteiger partial charge in [-0.3, -0.25) is 9.59 Å². The van der Waals surface area contributed by atoms with Crippen LogP contribution < -0.4 is 5.32 Å². The molecule has 0 aliphatic heterocycles. The Kier molecular flexibility index (Phi) is 8.27. The minimum Gasteiger partial charge on any atom is -0.542 e. The maximum Gasteiger partial charge on any atom is 0.326 e. The monoisotopic (exact) mass is 231 g/mol. The van der Waals surface area contributed by atoms with Crippen molar-refractivity contribution in [1.29, 1.82) is 0 Å². The van der Waals surface area contributed by atoms with Gasteiger partial charge in [0.25, 0.3) is 0 Å². The molecule has 6 heteroatoms. The summed E-state index contributed by atoms with van der Waals surface area (Å²) in [5, 5.41) is 2.65. The second kappa shape index (κ2) is 8.65. The molecule has 0 rings (SSSR count). The van der Waals surface area contributed by atoms with Crippen LogP contribution in [0, 0.1) is 0 Å². The second-order valence-corrected chi connectivity index (χ2v) is 4.13. The molecule has 0 aliphatic carbocycles. The summed E-state index contributed by atoms with van der Waals surface area (Å²) in [7, 11) is 1.32. The van der Waals surface area contributed by atoms with Crippen LogP contribution in [-0.4, -0.2) is 38.0 Å². The first-order valence-corrected chi connectivity index (χ1v) is 6.41. The first-order chi connectivity index (χ1) is 7.15. The highest BCUT2D eigenvalue weighted by atomic mass is 32.2. The van der Waals surface area contributed by atoms with Gasteiger partial charge in [-0.25, -0.2) is 0 Å². The van der Waals surface area contributed by atoms with Gasteiger partial charge in [0.1, 0.15) is 6.04 Å². The normalized spacial score (nSPS) is 11.9. The molecule has 1 amide bonds. The van der Waals surface area contributed by atoms with Crippen LogP contribution in [0.2, 0.25) is 0 Å². The zero-order valence-corrected chi connectivity index (χ0v) is 10.4. The van der Waals surface area contributed by atoms with Crippen molar-refractivity contribution in [3.05, 3.63) is 0 Å². The van der Waals surface area contributed by atoms with Crippen LogP contribution >= 0.6 is 11.8 Å². The fraction of sp³-hybridized carbons (Fsp3) is 0.778. The molecule has 0 heterocycles. The average molecular weight is 231 g/mol. The highest BCUT2D eigenvalue weighted by molar-refractivity contribution is 7.98. The maximum atomic E-state index is 11.4. The molecule has 0 aliphatic rings. The molecule has 0 saturated carbocycles. The number of rotatable bonds is 7. The summed E-state index contributed by atoms with van der Waals surface area (Å²) in [6.07, 6.45) is 3.86. The molecule has 15 heavy (non-hydrogen) atoms. The van der Waals surface area contributed by atoms with Gasteiger partial charge in [0.2, 0.25) is 5.91 Å². The predicted molar refractivity (Wildman–Crippen MR) is 64.5 cm³/mol. The lowest BCUT2D eigenvalue weighted by Crippen LogP contribution is -2.41. The summed E-state index contributed by atoms with van der Waals surface area (Å²) < 4.78 is 4.57. The molecule has 0 radical (unpaired) electrons. The molecule has 0 saturated heterocycles. The number of nitrogens with one attached hydrogen (secondary N) is 1. The van der Waals surface area contributed by atoms with Crippen LogP contribution in [0.15, 0.2) is 0 Å². The fourth-order valence-electron chi connectivity index (χ4n) is 1.11. The minimum absolute atomic E-state index is 0.0821. The van der Waals surface area contributed by atoms with Gasteiger partial charge in [0, 0.05) is 6.42 Å². The number of hydrogen-bond donors (Lipinski definition) is 1. The molecule has 0 fully saturated rings. The number of hydrogen-bond acceptors (Lipinski definition) is 4. The molecule has 0 aromatic carbocycles. The van der Waals surface area contributed by atoms with Crippen molar-refractivity contribution >= 4 is 31.7 Å². The van der Waals surface area contributed by atoms with E-state index in [9.17, 15) is 9.59 Å². The molecule has 86 valence electrons. The Morgan fingerprint density at radius 3 is 2.67 bits per heavy atom. The summed E-state index contributed by atoms with van der Waals surface area (Å²) in [6.45, 7) is 1.84. The number of thioether (sulfide) groups is 1. The lowest BCUT2D eigenvalue weighted by molar-refractivity contribution is -0.139. The van der Waals surface area contributed by atoms with E-state index in [1.54, 1.807) is 11.8 Å². The predicted octanol–water partition coefficient (Wildman–Crippen LogP) is 0.116. The molecule has 1 N–H and O–H groups in total. The molecule has 0 aromatic heterocycles. The zero-order valence-electron chi connectivity index (χ0n) is 9.54. The van der Waals surface area contributed by atoms with Crippen LogP contribution in [0.25, 0.3) is 0 Å². The van der Waals surface area contributed by atoms with Crippen molar-refractivity contribution in [2.24, 2.45) is 0 Å². The van der Waals surface area contributed by atoms with Crippen LogP contribution in [0.4, 0.5) is 0 Å². The zero-order chi connectivity index (χ0) is 11.7. The van der Waals surface area contributed by atoms with Crippen molar-refractivity contribution in [3.8, 4) is 0 Å². The van der Waals surface area contributed by atoms with Crippen LogP contribution in [-0.2, 0) is 14.2 Å². The number of amides is 1. The lowest BCUT2D eigenvalue weighted by atomic mass is 10.2. The Labute approximate surface area is 96.0 Å². The van der Waals surface area contributed by atoms with E-state index in [-0.39, 0.29) is 11.9 Å². The van der Waals surface area contributed by atoms with Gasteiger partial charge < -0.3 is 9.97 Å². The van der Waals surface area contributed by atoms with E-state index in [0.717, 1.165) is 12.2 Å². The molecule has 0 spiro atoms. The summed E-state index contributed by atoms with van der Waals surface area (Å²) in [4.78, 5) is 22.5. The molecule has 0 aromatic rings. The van der Waals surface area contributed by atoms with Crippen molar-refractivity contribution < 1.29 is 14.2 Å². The average Bonchev–Trinajstić information content (AvgIpc) is 2.25. The molecular formula is C9H18BNO3S. The van der Waals surface area contributed by atoms with Gasteiger partial charge in [0.05, 0.1) is 0 Å².